The van der Waals surface area contributed by atoms with Gasteiger partial charge in [-0.05, 0) is 12.1 Å². The average molecular weight is 260 g/mol. The predicted octanol–water partition coefficient (Wildman–Crippen LogP) is 0.973. The molecule has 0 bridgehead atoms. The van der Waals surface area contributed by atoms with Crippen LogP contribution in [0.1, 0.15) is 10.4 Å². The first-order chi connectivity index (χ1) is 9.31. The van der Waals surface area contributed by atoms with Crippen molar-refractivity contribution in [1.82, 2.24) is 10.3 Å². The van der Waals surface area contributed by atoms with Gasteiger partial charge in [0.05, 0.1) is 30.9 Å². The van der Waals surface area contributed by atoms with Crippen LogP contribution in [0, 0.1) is 0 Å². The Bertz CT molecular complexity index is 557. The fourth-order valence-electron chi connectivity index (χ4n) is 1.70. The van der Waals surface area contributed by atoms with Crippen LogP contribution in [0.5, 0.6) is 0 Å². The van der Waals surface area contributed by atoms with E-state index in [1.54, 1.807) is 6.20 Å². The van der Waals surface area contributed by atoms with E-state index in [0.717, 1.165) is 10.9 Å². The molecule has 1 amide bonds. The van der Waals surface area contributed by atoms with Gasteiger partial charge in [0.1, 0.15) is 0 Å². The van der Waals surface area contributed by atoms with E-state index in [1.807, 2.05) is 30.3 Å². The first-order valence-electron chi connectivity index (χ1n) is 6.13. The van der Waals surface area contributed by atoms with Gasteiger partial charge in [0.15, 0.2) is 0 Å². The SMILES string of the molecule is O=C(NCCOCCO)c1cnc2ccccc2c1. The number of aliphatic hydroxyl groups is 1. The van der Waals surface area contributed by atoms with E-state index >= 15 is 0 Å². The number of aromatic nitrogens is 1. The molecule has 0 saturated heterocycles. The average Bonchev–Trinajstić information content (AvgIpc) is 2.46. The highest BCUT2D eigenvalue weighted by Crippen LogP contribution is 2.12. The quantitative estimate of drug-likeness (QED) is 0.759. The summed E-state index contributed by atoms with van der Waals surface area (Å²) in [6, 6.07) is 9.46. The molecule has 19 heavy (non-hydrogen) atoms. The Labute approximate surface area is 111 Å². The predicted molar refractivity (Wildman–Crippen MR) is 72.0 cm³/mol. The minimum absolute atomic E-state index is 0.0114. The fraction of sp³-hybridized carbons (Fsp3) is 0.286. The highest BCUT2D eigenvalue weighted by atomic mass is 16.5. The maximum absolute atomic E-state index is 11.9. The van der Waals surface area contributed by atoms with E-state index in [1.165, 1.54) is 0 Å². The molecular weight excluding hydrogens is 244 g/mol. The number of para-hydroxylation sites is 1. The number of carbonyl (C=O) groups excluding carboxylic acids is 1. The van der Waals surface area contributed by atoms with E-state index in [9.17, 15) is 4.79 Å². The smallest absolute Gasteiger partial charge is 0.252 e. The fourth-order valence-corrected chi connectivity index (χ4v) is 1.70. The Morgan fingerprint density at radius 3 is 3.00 bits per heavy atom. The van der Waals surface area contributed by atoms with Crippen LogP contribution in [-0.4, -0.2) is 42.4 Å². The highest BCUT2D eigenvalue weighted by Gasteiger charge is 2.06. The van der Waals surface area contributed by atoms with Crippen molar-refractivity contribution in [2.45, 2.75) is 0 Å². The zero-order chi connectivity index (χ0) is 13.5. The van der Waals surface area contributed by atoms with Crippen molar-refractivity contribution in [1.29, 1.82) is 0 Å². The molecule has 5 nitrogen and oxygen atoms in total. The van der Waals surface area contributed by atoms with Crippen LogP contribution >= 0.6 is 0 Å². The molecule has 0 unspecified atom stereocenters. The highest BCUT2D eigenvalue weighted by molar-refractivity contribution is 5.97. The number of fused-ring (bicyclic) bond motifs is 1. The standard InChI is InChI=1S/C14H16N2O3/c17-6-8-19-7-5-15-14(18)12-9-11-3-1-2-4-13(11)16-10-12/h1-4,9-10,17H,5-8H2,(H,15,18). The lowest BCUT2D eigenvalue weighted by Gasteiger charge is -2.06. The number of rotatable bonds is 6. The van der Waals surface area contributed by atoms with Gasteiger partial charge in [-0.1, -0.05) is 18.2 Å². The van der Waals surface area contributed by atoms with Crippen molar-refractivity contribution in [2.24, 2.45) is 0 Å². The molecule has 0 fully saturated rings. The van der Waals surface area contributed by atoms with Crippen LogP contribution in [0.25, 0.3) is 10.9 Å². The van der Waals surface area contributed by atoms with Crippen LogP contribution in [0.3, 0.4) is 0 Å². The van der Waals surface area contributed by atoms with Crippen LogP contribution in [0.4, 0.5) is 0 Å². The molecule has 0 radical (unpaired) electrons. The zero-order valence-corrected chi connectivity index (χ0v) is 10.5. The molecule has 0 saturated carbocycles. The first kappa shape index (κ1) is 13.5. The van der Waals surface area contributed by atoms with Gasteiger partial charge in [0, 0.05) is 18.1 Å². The van der Waals surface area contributed by atoms with Gasteiger partial charge < -0.3 is 15.2 Å². The van der Waals surface area contributed by atoms with Crippen molar-refractivity contribution in [3.63, 3.8) is 0 Å². The van der Waals surface area contributed by atoms with Crippen molar-refractivity contribution in [3.05, 3.63) is 42.1 Å². The van der Waals surface area contributed by atoms with Crippen molar-refractivity contribution in [2.75, 3.05) is 26.4 Å². The zero-order valence-electron chi connectivity index (χ0n) is 10.5. The van der Waals surface area contributed by atoms with E-state index in [-0.39, 0.29) is 19.1 Å². The Balaban J connectivity index is 1.93. The molecule has 1 heterocycles. The molecule has 2 aromatic rings. The molecular formula is C14H16N2O3. The van der Waals surface area contributed by atoms with Gasteiger partial charge >= 0.3 is 0 Å². The number of carbonyl (C=O) groups is 1. The summed E-state index contributed by atoms with van der Waals surface area (Å²) in [5, 5.41) is 12.2. The Hall–Kier alpha value is -1.98. The molecule has 100 valence electrons. The Morgan fingerprint density at radius 2 is 2.16 bits per heavy atom. The summed E-state index contributed by atoms with van der Waals surface area (Å²) >= 11 is 0. The summed E-state index contributed by atoms with van der Waals surface area (Å²) in [5.41, 5.74) is 1.39. The number of benzene rings is 1. The summed E-state index contributed by atoms with van der Waals surface area (Å²) < 4.78 is 5.06. The van der Waals surface area contributed by atoms with Crippen LogP contribution in [0.2, 0.25) is 0 Å². The Morgan fingerprint density at radius 1 is 1.32 bits per heavy atom. The third-order valence-electron chi connectivity index (χ3n) is 2.62. The van der Waals surface area contributed by atoms with Crippen molar-refractivity contribution in [3.8, 4) is 0 Å². The van der Waals surface area contributed by atoms with E-state index in [2.05, 4.69) is 10.3 Å². The number of aliphatic hydroxyl groups excluding tert-OH is 1. The van der Waals surface area contributed by atoms with Gasteiger partial charge in [-0.15, -0.1) is 0 Å². The summed E-state index contributed by atoms with van der Waals surface area (Å²) in [6.45, 7) is 1.06. The minimum Gasteiger partial charge on any atom is -0.394 e. The molecule has 5 heteroatoms. The maximum Gasteiger partial charge on any atom is 0.252 e. The number of hydrogen-bond acceptors (Lipinski definition) is 4. The summed E-state index contributed by atoms with van der Waals surface area (Å²) in [6.07, 6.45) is 1.56. The van der Waals surface area contributed by atoms with Crippen molar-refractivity contribution < 1.29 is 14.6 Å². The molecule has 0 aliphatic heterocycles. The van der Waals surface area contributed by atoms with Gasteiger partial charge in [-0.2, -0.15) is 0 Å². The van der Waals surface area contributed by atoms with Crippen molar-refractivity contribution >= 4 is 16.8 Å². The summed E-state index contributed by atoms with van der Waals surface area (Å²) in [5.74, 6) is -0.175. The number of pyridine rings is 1. The lowest BCUT2D eigenvalue weighted by atomic mass is 10.1. The van der Waals surface area contributed by atoms with Gasteiger partial charge in [-0.25, -0.2) is 0 Å². The summed E-state index contributed by atoms with van der Waals surface area (Å²) in [7, 11) is 0. The lowest BCUT2D eigenvalue weighted by Crippen LogP contribution is -2.27. The number of nitrogens with one attached hydrogen (secondary N) is 1. The third-order valence-corrected chi connectivity index (χ3v) is 2.62. The second kappa shape index (κ2) is 6.82. The third kappa shape index (κ3) is 3.74. The monoisotopic (exact) mass is 260 g/mol. The van der Waals surface area contributed by atoms with E-state index < -0.39 is 0 Å². The second-order valence-electron chi connectivity index (χ2n) is 4.01. The van der Waals surface area contributed by atoms with E-state index in [0.29, 0.717) is 18.7 Å². The second-order valence-corrected chi connectivity index (χ2v) is 4.01. The normalized spacial score (nSPS) is 10.6. The van der Waals surface area contributed by atoms with Gasteiger partial charge in [0.2, 0.25) is 0 Å². The van der Waals surface area contributed by atoms with Gasteiger partial charge in [-0.3, -0.25) is 9.78 Å². The molecule has 1 aromatic heterocycles. The molecule has 0 aliphatic rings. The number of hydrogen-bond donors (Lipinski definition) is 2. The number of nitrogens with zero attached hydrogens (tertiary/aromatic N) is 1. The largest absolute Gasteiger partial charge is 0.394 e. The molecule has 0 spiro atoms. The van der Waals surface area contributed by atoms with Gasteiger partial charge in [0.25, 0.3) is 5.91 Å². The molecule has 0 atom stereocenters. The molecule has 2 N–H and O–H groups in total. The maximum atomic E-state index is 11.9. The first-order valence-corrected chi connectivity index (χ1v) is 6.13. The molecule has 1 aromatic carbocycles. The number of amides is 1. The van der Waals surface area contributed by atoms with Crippen LogP contribution < -0.4 is 5.32 Å². The van der Waals surface area contributed by atoms with E-state index in [4.69, 9.17) is 9.84 Å². The number of ether oxygens (including phenoxy) is 1. The minimum atomic E-state index is -0.175. The topological polar surface area (TPSA) is 71.5 Å². The lowest BCUT2D eigenvalue weighted by molar-refractivity contribution is 0.0838. The van der Waals surface area contributed by atoms with Crippen LogP contribution in [0.15, 0.2) is 36.5 Å². The molecule has 0 aliphatic carbocycles. The Kier molecular flexibility index (Phi) is 4.83. The summed E-state index contributed by atoms with van der Waals surface area (Å²) in [4.78, 5) is 16.1. The molecule has 2 rings (SSSR count). The van der Waals surface area contributed by atoms with Crippen LogP contribution in [-0.2, 0) is 4.74 Å².